The zero-order chi connectivity index (χ0) is 12.7. The molecule has 1 heterocycles. The van der Waals surface area contributed by atoms with E-state index in [4.69, 9.17) is 9.47 Å². The van der Waals surface area contributed by atoms with Gasteiger partial charge >= 0.3 is 12.1 Å². The summed E-state index contributed by atoms with van der Waals surface area (Å²) in [4.78, 5) is 25.9. The molecule has 1 rings (SSSR count). The number of nitrogens with zero attached hydrogens (tertiary/aromatic N) is 2. The van der Waals surface area contributed by atoms with E-state index in [1.54, 1.807) is 11.8 Å². The van der Waals surface area contributed by atoms with E-state index in [1.807, 2.05) is 0 Å². The molecular formula is C11H20N2O4. The van der Waals surface area contributed by atoms with E-state index in [2.05, 4.69) is 4.90 Å². The number of rotatable bonds is 4. The van der Waals surface area contributed by atoms with Gasteiger partial charge in [0.15, 0.2) is 0 Å². The van der Waals surface area contributed by atoms with Gasteiger partial charge in [0, 0.05) is 39.6 Å². The molecule has 6 heteroatoms. The molecule has 98 valence electrons. The number of ether oxygens (including phenoxy) is 2. The summed E-state index contributed by atoms with van der Waals surface area (Å²) < 4.78 is 9.80. The van der Waals surface area contributed by atoms with Gasteiger partial charge in [0.2, 0.25) is 0 Å². The van der Waals surface area contributed by atoms with Crippen molar-refractivity contribution in [3.05, 3.63) is 0 Å². The van der Waals surface area contributed by atoms with Gasteiger partial charge in [-0.25, -0.2) is 4.79 Å². The van der Waals surface area contributed by atoms with E-state index >= 15 is 0 Å². The summed E-state index contributed by atoms with van der Waals surface area (Å²) in [6.07, 6.45) is -0.243. The molecule has 1 amide bonds. The number of amides is 1. The first-order valence-electron chi connectivity index (χ1n) is 5.91. The molecule has 0 aromatic carbocycles. The molecule has 1 aliphatic heterocycles. The van der Waals surface area contributed by atoms with Crippen LogP contribution in [0.2, 0.25) is 0 Å². The predicted octanol–water partition coefficient (Wildman–Crippen LogP) is 0.324. The predicted molar refractivity (Wildman–Crippen MR) is 61.7 cm³/mol. The third-order valence-electron chi connectivity index (χ3n) is 2.61. The fourth-order valence-electron chi connectivity index (χ4n) is 1.69. The summed E-state index contributed by atoms with van der Waals surface area (Å²) in [6, 6.07) is 0. The Bertz CT molecular complexity index is 262. The van der Waals surface area contributed by atoms with Crippen LogP contribution in [0.4, 0.5) is 4.79 Å². The molecule has 0 aliphatic carbocycles. The molecule has 6 nitrogen and oxygen atoms in total. The number of carbonyl (C=O) groups excluding carboxylic acids is 2. The fourth-order valence-corrected chi connectivity index (χ4v) is 1.69. The average Bonchev–Trinajstić information content (AvgIpc) is 2.30. The highest BCUT2D eigenvalue weighted by molar-refractivity contribution is 5.67. The van der Waals surface area contributed by atoms with E-state index in [9.17, 15) is 9.59 Å². The van der Waals surface area contributed by atoms with Gasteiger partial charge in [0.05, 0.1) is 6.61 Å². The van der Waals surface area contributed by atoms with Crippen LogP contribution >= 0.6 is 0 Å². The Hall–Kier alpha value is -1.30. The standard InChI is InChI=1S/C11H20N2O4/c1-3-16-11(15)13-6-4-12(5-7-13)8-9-17-10(2)14/h3-9H2,1-2H3. The minimum atomic E-state index is -0.254. The van der Waals surface area contributed by atoms with Gasteiger partial charge in [-0.2, -0.15) is 0 Å². The molecule has 0 spiro atoms. The van der Waals surface area contributed by atoms with Crippen LogP contribution in [-0.2, 0) is 14.3 Å². The summed E-state index contributed by atoms with van der Waals surface area (Å²) in [5.41, 5.74) is 0. The maximum atomic E-state index is 11.4. The molecule has 0 unspecified atom stereocenters. The van der Waals surface area contributed by atoms with E-state index in [1.165, 1.54) is 6.92 Å². The summed E-state index contributed by atoms with van der Waals surface area (Å²) >= 11 is 0. The van der Waals surface area contributed by atoms with Gasteiger partial charge in [0.25, 0.3) is 0 Å². The first-order valence-corrected chi connectivity index (χ1v) is 5.91. The summed E-state index contributed by atoms with van der Waals surface area (Å²) in [5, 5.41) is 0. The van der Waals surface area contributed by atoms with Crippen molar-refractivity contribution in [3.8, 4) is 0 Å². The van der Waals surface area contributed by atoms with Crippen LogP contribution in [0.5, 0.6) is 0 Å². The minimum Gasteiger partial charge on any atom is -0.465 e. The van der Waals surface area contributed by atoms with Crippen LogP contribution in [0, 0.1) is 0 Å². The normalized spacial score (nSPS) is 16.7. The van der Waals surface area contributed by atoms with Crippen LogP contribution in [-0.4, -0.2) is 67.8 Å². The molecule has 1 aliphatic rings. The average molecular weight is 244 g/mol. The Labute approximate surface area is 101 Å². The van der Waals surface area contributed by atoms with Crippen molar-refractivity contribution in [2.45, 2.75) is 13.8 Å². The van der Waals surface area contributed by atoms with Crippen molar-refractivity contribution in [1.82, 2.24) is 9.80 Å². The number of hydrogen-bond acceptors (Lipinski definition) is 5. The highest BCUT2D eigenvalue weighted by Crippen LogP contribution is 2.03. The molecule has 0 bridgehead atoms. The summed E-state index contributed by atoms with van der Waals surface area (Å²) in [7, 11) is 0. The lowest BCUT2D eigenvalue weighted by Gasteiger charge is -2.33. The Balaban J connectivity index is 2.17. The number of hydrogen-bond donors (Lipinski definition) is 0. The molecule has 0 saturated carbocycles. The van der Waals surface area contributed by atoms with Crippen molar-refractivity contribution in [2.24, 2.45) is 0 Å². The van der Waals surface area contributed by atoms with Crippen molar-refractivity contribution < 1.29 is 19.1 Å². The molecule has 17 heavy (non-hydrogen) atoms. The molecule has 0 radical (unpaired) electrons. The van der Waals surface area contributed by atoms with E-state index in [0.29, 0.717) is 26.3 Å². The first-order chi connectivity index (χ1) is 8.13. The SMILES string of the molecule is CCOC(=O)N1CCN(CCOC(C)=O)CC1. The largest absolute Gasteiger partial charge is 0.465 e. The van der Waals surface area contributed by atoms with Crippen LogP contribution in [0.3, 0.4) is 0 Å². The van der Waals surface area contributed by atoms with Gasteiger partial charge in [-0.05, 0) is 6.92 Å². The molecule has 0 aromatic rings. The quantitative estimate of drug-likeness (QED) is 0.667. The van der Waals surface area contributed by atoms with Gasteiger partial charge in [0.1, 0.15) is 6.61 Å². The molecule has 1 saturated heterocycles. The number of esters is 1. The number of carbonyl (C=O) groups is 2. The van der Waals surface area contributed by atoms with E-state index in [0.717, 1.165) is 19.6 Å². The Morgan fingerprint density at radius 3 is 2.29 bits per heavy atom. The second kappa shape index (κ2) is 7.11. The van der Waals surface area contributed by atoms with Crippen LogP contribution in [0.1, 0.15) is 13.8 Å². The maximum absolute atomic E-state index is 11.4. The topological polar surface area (TPSA) is 59.1 Å². The first kappa shape index (κ1) is 13.8. The minimum absolute atomic E-state index is 0.243. The Morgan fingerprint density at radius 1 is 1.12 bits per heavy atom. The zero-order valence-corrected chi connectivity index (χ0v) is 10.5. The third-order valence-corrected chi connectivity index (χ3v) is 2.61. The molecular weight excluding hydrogens is 224 g/mol. The van der Waals surface area contributed by atoms with Crippen molar-refractivity contribution in [3.63, 3.8) is 0 Å². The second-order valence-corrected chi connectivity index (χ2v) is 3.87. The van der Waals surface area contributed by atoms with Crippen molar-refractivity contribution in [2.75, 3.05) is 45.9 Å². The lowest BCUT2D eigenvalue weighted by Crippen LogP contribution is -2.49. The summed E-state index contributed by atoms with van der Waals surface area (Å²) in [5.74, 6) is -0.254. The summed E-state index contributed by atoms with van der Waals surface area (Å²) in [6.45, 7) is 7.65. The van der Waals surface area contributed by atoms with Gasteiger partial charge in [-0.3, -0.25) is 9.69 Å². The zero-order valence-electron chi connectivity index (χ0n) is 10.5. The number of piperazine rings is 1. The molecule has 0 aromatic heterocycles. The highest BCUT2D eigenvalue weighted by atomic mass is 16.6. The van der Waals surface area contributed by atoms with Crippen LogP contribution in [0.15, 0.2) is 0 Å². The van der Waals surface area contributed by atoms with Gasteiger partial charge in [-0.1, -0.05) is 0 Å². The van der Waals surface area contributed by atoms with Crippen LogP contribution < -0.4 is 0 Å². The highest BCUT2D eigenvalue weighted by Gasteiger charge is 2.21. The maximum Gasteiger partial charge on any atom is 0.409 e. The van der Waals surface area contributed by atoms with E-state index < -0.39 is 0 Å². The molecule has 1 fully saturated rings. The Morgan fingerprint density at radius 2 is 1.76 bits per heavy atom. The van der Waals surface area contributed by atoms with E-state index in [-0.39, 0.29) is 12.1 Å². The smallest absolute Gasteiger partial charge is 0.409 e. The molecule has 0 atom stereocenters. The third kappa shape index (κ3) is 5.04. The lowest BCUT2D eigenvalue weighted by atomic mass is 10.3. The Kier molecular flexibility index (Phi) is 5.76. The second-order valence-electron chi connectivity index (χ2n) is 3.87. The molecule has 0 N–H and O–H groups in total. The van der Waals surface area contributed by atoms with Gasteiger partial charge in [-0.15, -0.1) is 0 Å². The van der Waals surface area contributed by atoms with Crippen molar-refractivity contribution in [1.29, 1.82) is 0 Å². The van der Waals surface area contributed by atoms with Crippen molar-refractivity contribution >= 4 is 12.1 Å². The van der Waals surface area contributed by atoms with Crippen LogP contribution in [0.25, 0.3) is 0 Å². The fraction of sp³-hybridized carbons (Fsp3) is 0.818. The van der Waals surface area contributed by atoms with Gasteiger partial charge < -0.3 is 14.4 Å². The monoisotopic (exact) mass is 244 g/mol. The lowest BCUT2D eigenvalue weighted by molar-refractivity contribution is -0.141.